The van der Waals surface area contributed by atoms with Crippen LogP contribution in [0.4, 0.5) is 0 Å². The summed E-state index contributed by atoms with van der Waals surface area (Å²) in [6.45, 7) is 2.43. The summed E-state index contributed by atoms with van der Waals surface area (Å²) >= 11 is 1.50. The smallest absolute Gasteiger partial charge is 0.274 e. The standard InChI is InChI=1S/C20H21N5O3S2/c26-20(25-10-8-24(9-11-25)14-5-12-30(27,28)13-14)18-17(21-6-7-22-18)19-23-15-3-1-2-4-16(15)29-19/h1-4,6-7,14H,5,8-13H2/t14-/m1/s1. The first kappa shape index (κ1) is 19.5. The Labute approximate surface area is 178 Å². The first-order valence-corrected chi connectivity index (χ1v) is 12.5. The van der Waals surface area contributed by atoms with E-state index in [-0.39, 0.29) is 23.5 Å². The number of carbonyl (C=O) groups excluding carboxylic acids is 1. The summed E-state index contributed by atoms with van der Waals surface area (Å²) in [6.07, 6.45) is 3.79. The Bertz CT molecular complexity index is 1170. The molecule has 1 amide bonds. The third-order valence-electron chi connectivity index (χ3n) is 5.72. The lowest BCUT2D eigenvalue weighted by atomic mass is 10.1. The van der Waals surface area contributed by atoms with Crippen molar-refractivity contribution in [3.05, 3.63) is 42.4 Å². The lowest BCUT2D eigenvalue weighted by molar-refractivity contribution is 0.0582. The number of thiazole rings is 1. The molecule has 4 heterocycles. The van der Waals surface area contributed by atoms with Gasteiger partial charge in [0.05, 0.1) is 21.7 Å². The Balaban J connectivity index is 1.34. The lowest BCUT2D eigenvalue weighted by Crippen LogP contribution is -2.52. The maximum absolute atomic E-state index is 13.2. The Morgan fingerprint density at radius 2 is 1.83 bits per heavy atom. The van der Waals surface area contributed by atoms with Crippen molar-refractivity contribution in [3.8, 4) is 10.7 Å². The minimum atomic E-state index is -2.91. The number of fused-ring (bicyclic) bond motifs is 1. The second-order valence-corrected chi connectivity index (χ2v) is 10.9. The van der Waals surface area contributed by atoms with Gasteiger partial charge in [0.25, 0.3) is 5.91 Å². The van der Waals surface area contributed by atoms with Gasteiger partial charge in [-0.05, 0) is 18.6 Å². The molecule has 2 aliphatic rings. The molecular weight excluding hydrogens is 422 g/mol. The largest absolute Gasteiger partial charge is 0.335 e. The molecule has 2 fully saturated rings. The molecule has 0 radical (unpaired) electrons. The van der Waals surface area contributed by atoms with Crippen LogP contribution in [-0.4, -0.2) is 82.8 Å². The van der Waals surface area contributed by atoms with Gasteiger partial charge in [0.2, 0.25) is 0 Å². The number of rotatable bonds is 3. The summed E-state index contributed by atoms with van der Waals surface area (Å²) in [7, 11) is -2.91. The average molecular weight is 444 g/mol. The Morgan fingerprint density at radius 3 is 2.57 bits per heavy atom. The second-order valence-electron chi connectivity index (χ2n) is 7.63. The zero-order valence-corrected chi connectivity index (χ0v) is 17.9. The highest BCUT2D eigenvalue weighted by Gasteiger charge is 2.35. The van der Waals surface area contributed by atoms with Crippen molar-refractivity contribution in [2.45, 2.75) is 12.5 Å². The maximum atomic E-state index is 13.2. The molecule has 2 saturated heterocycles. The van der Waals surface area contributed by atoms with E-state index in [0.717, 1.165) is 10.2 Å². The van der Waals surface area contributed by atoms with Crippen LogP contribution in [0.5, 0.6) is 0 Å². The van der Waals surface area contributed by atoms with E-state index in [4.69, 9.17) is 0 Å². The molecule has 0 saturated carbocycles. The predicted octanol–water partition coefficient (Wildman–Crippen LogP) is 1.70. The summed E-state index contributed by atoms with van der Waals surface area (Å²) in [5, 5.41) is 0.683. The van der Waals surface area contributed by atoms with E-state index in [0.29, 0.717) is 49.0 Å². The Hall–Kier alpha value is -2.43. The summed E-state index contributed by atoms with van der Waals surface area (Å²) in [6, 6.07) is 7.90. The van der Waals surface area contributed by atoms with Crippen LogP contribution in [0.25, 0.3) is 20.9 Å². The fourth-order valence-corrected chi connectivity index (χ4v) is 6.85. The number of sulfone groups is 1. The van der Waals surface area contributed by atoms with E-state index in [2.05, 4.69) is 19.9 Å². The van der Waals surface area contributed by atoms with Gasteiger partial charge >= 0.3 is 0 Å². The quantitative estimate of drug-likeness (QED) is 0.608. The van der Waals surface area contributed by atoms with Crippen molar-refractivity contribution in [3.63, 3.8) is 0 Å². The van der Waals surface area contributed by atoms with Gasteiger partial charge < -0.3 is 4.90 Å². The van der Waals surface area contributed by atoms with E-state index in [1.54, 1.807) is 11.1 Å². The van der Waals surface area contributed by atoms with Crippen molar-refractivity contribution in [1.82, 2.24) is 24.8 Å². The van der Waals surface area contributed by atoms with Crippen LogP contribution in [0.3, 0.4) is 0 Å². The van der Waals surface area contributed by atoms with E-state index in [1.165, 1.54) is 17.5 Å². The van der Waals surface area contributed by atoms with Crippen LogP contribution in [0.2, 0.25) is 0 Å². The molecule has 10 heteroatoms. The molecule has 0 aliphatic carbocycles. The molecule has 156 valence electrons. The van der Waals surface area contributed by atoms with Gasteiger partial charge in [0, 0.05) is 44.6 Å². The van der Waals surface area contributed by atoms with E-state index in [1.807, 2.05) is 24.3 Å². The molecule has 1 atom stereocenters. The molecule has 0 spiro atoms. The third kappa shape index (κ3) is 3.70. The van der Waals surface area contributed by atoms with E-state index < -0.39 is 9.84 Å². The summed E-state index contributed by atoms with van der Waals surface area (Å²) < 4.78 is 24.6. The number of hydrogen-bond acceptors (Lipinski definition) is 8. The summed E-state index contributed by atoms with van der Waals surface area (Å²) in [5.41, 5.74) is 1.70. The number of amides is 1. The molecule has 0 N–H and O–H groups in total. The molecule has 2 aliphatic heterocycles. The first-order chi connectivity index (χ1) is 14.5. The van der Waals surface area contributed by atoms with Crippen LogP contribution >= 0.6 is 11.3 Å². The average Bonchev–Trinajstić information content (AvgIpc) is 3.36. The zero-order chi connectivity index (χ0) is 20.7. The van der Waals surface area contributed by atoms with Crippen LogP contribution in [0.1, 0.15) is 16.9 Å². The normalized spacial score (nSPS) is 21.9. The maximum Gasteiger partial charge on any atom is 0.274 e. The highest BCUT2D eigenvalue weighted by Crippen LogP contribution is 2.30. The molecule has 0 unspecified atom stereocenters. The van der Waals surface area contributed by atoms with Crippen molar-refractivity contribution in [1.29, 1.82) is 0 Å². The number of hydrogen-bond donors (Lipinski definition) is 0. The van der Waals surface area contributed by atoms with Crippen molar-refractivity contribution < 1.29 is 13.2 Å². The SMILES string of the molecule is O=C(c1nccnc1-c1nc2ccccc2s1)N1CCN([C@@H]2CCS(=O)(=O)C2)CC1. The number of para-hydroxylation sites is 1. The Morgan fingerprint density at radius 1 is 1.07 bits per heavy atom. The fraction of sp³-hybridized carbons (Fsp3) is 0.400. The zero-order valence-electron chi connectivity index (χ0n) is 16.3. The van der Waals surface area contributed by atoms with Crippen molar-refractivity contribution in [2.75, 3.05) is 37.7 Å². The van der Waals surface area contributed by atoms with Crippen LogP contribution in [0, 0.1) is 0 Å². The van der Waals surface area contributed by atoms with Gasteiger partial charge in [-0.25, -0.2) is 23.4 Å². The second kappa shape index (κ2) is 7.68. The molecule has 30 heavy (non-hydrogen) atoms. The molecule has 1 aromatic carbocycles. The van der Waals surface area contributed by atoms with Crippen molar-refractivity contribution in [2.24, 2.45) is 0 Å². The molecule has 5 rings (SSSR count). The highest BCUT2D eigenvalue weighted by atomic mass is 32.2. The highest BCUT2D eigenvalue weighted by molar-refractivity contribution is 7.91. The minimum Gasteiger partial charge on any atom is -0.335 e. The predicted molar refractivity (Wildman–Crippen MR) is 115 cm³/mol. The van der Waals surface area contributed by atoms with Gasteiger partial charge in [-0.3, -0.25) is 9.69 Å². The number of aromatic nitrogens is 3. The van der Waals surface area contributed by atoms with Gasteiger partial charge in [0.15, 0.2) is 15.5 Å². The molecular formula is C20H21N5O3S2. The van der Waals surface area contributed by atoms with Crippen LogP contribution < -0.4 is 0 Å². The fourth-order valence-electron chi connectivity index (χ4n) is 4.13. The van der Waals surface area contributed by atoms with Crippen molar-refractivity contribution >= 4 is 37.3 Å². The third-order valence-corrected chi connectivity index (χ3v) is 8.52. The lowest BCUT2D eigenvalue weighted by Gasteiger charge is -2.37. The summed E-state index contributed by atoms with van der Waals surface area (Å²) in [4.78, 5) is 30.6. The topological polar surface area (TPSA) is 96.4 Å². The number of benzene rings is 1. The van der Waals surface area contributed by atoms with Gasteiger partial charge in [-0.1, -0.05) is 12.1 Å². The molecule has 8 nitrogen and oxygen atoms in total. The minimum absolute atomic E-state index is 0.0714. The number of piperazine rings is 1. The van der Waals surface area contributed by atoms with Crippen LogP contribution in [0.15, 0.2) is 36.7 Å². The molecule has 2 aromatic heterocycles. The first-order valence-electron chi connectivity index (χ1n) is 9.91. The van der Waals surface area contributed by atoms with E-state index >= 15 is 0 Å². The van der Waals surface area contributed by atoms with Gasteiger partial charge in [-0.2, -0.15) is 0 Å². The molecule has 0 bridgehead atoms. The van der Waals surface area contributed by atoms with Gasteiger partial charge in [0.1, 0.15) is 10.7 Å². The monoisotopic (exact) mass is 443 g/mol. The number of carbonyl (C=O) groups is 1. The molecule has 3 aromatic rings. The van der Waals surface area contributed by atoms with E-state index in [9.17, 15) is 13.2 Å². The van der Waals surface area contributed by atoms with Gasteiger partial charge in [-0.15, -0.1) is 11.3 Å². The Kier molecular flexibility index (Phi) is 5.00. The number of nitrogens with zero attached hydrogens (tertiary/aromatic N) is 5. The summed E-state index contributed by atoms with van der Waals surface area (Å²) in [5.74, 6) is 0.338. The van der Waals surface area contributed by atoms with Crippen LogP contribution in [-0.2, 0) is 9.84 Å².